The number of carbonyl (C=O) groups is 1. The molecule has 9 nitrogen and oxygen atoms in total. The molecule has 0 spiro atoms. The Bertz CT molecular complexity index is 928. The molecular weight excluding hydrogens is 572 g/mol. The van der Waals surface area contributed by atoms with Crippen LogP contribution in [0.3, 0.4) is 0 Å². The van der Waals surface area contributed by atoms with Gasteiger partial charge in [-0.3, -0.25) is 4.79 Å². The molecule has 0 saturated heterocycles. The van der Waals surface area contributed by atoms with E-state index in [4.69, 9.17) is 18.9 Å². The van der Waals surface area contributed by atoms with Crippen molar-refractivity contribution >= 4 is 38.1 Å². The molecule has 0 bridgehead atoms. The molecular formula is C23H34Br2N4O5. The molecule has 0 aromatic carbocycles. The number of halogens is 2. The van der Waals surface area contributed by atoms with Crippen LogP contribution in [0.1, 0.15) is 63.9 Å². The van der Waals surface area contributed by atoms with Crippen LogP contribution in [0.5, 0.6) is 23.5 Å². The van der Waals surface area contributed by atoms with Crippen LogP contribution in [0.4, 0.5) is 0 Å². The third-order valence-electron chi connectivity index (χ3n) is 5.04. The summed E-state index contributed by atoms with van der Waals surface area (Å²) in [4.78, 5) is 26.1. The van der Waals surface area contributed by atoms with Crippen LogP contribution in [0.15, 0.2) is 15.4 Å². The third kappa shape index (κ3) is 9.69. The van der Waals surface area contributed by atoms with Gasteiger partial charge in [0.15, 0.2) is 6.29 Å². The van der Waals surface area contributed by atoms with Crippen molar-refractivity contribution in [1.29, 1.82) is 0 Å². The molecule has 1 aliphatic rings. The number of ether oxygens (including phenoxy) is 4. The molecule has 0 N–H and O–H groups in total. The van der Waals surface area contributed by atoms with E-state index in [9.17, 15) is 4.79 Å². The van der Waals surface area contributed by atoms with Crippen molar-refractivity contribution in [3.8, 4) is 23.5 Å². The minimum absolute atomic E-state index is 0.178. The SMILES string of the molecule is CC1(C)CCCC(C)(C)C1.COc1nc(Br)c(C=O)nc1OC.COc1ncc(Br)nc1OC. The van der Waals surface area contributed by atoms with Gasteiger partial charge >= 0.3 is 0 Å². The Labute approximate surface area is 218 Å². The van der Waals surface area contributed by atoms with E-state index in [0.29, 0.717) is 38.1 Å². The third-order valence-corrected chi connectivity index (χ3v) is 6.01. The summed E-state index contributed by atoms with van der Waals surface area (Å²) < 4.78 is 20.4. The summed E-state index contributed by atoms with van der Waals surface area (Å²) in [7, 11) is 5.90. The van der Waals surface area contributed by atoms with Crippen LogP contribution in [-0.4, -0.2) is 54.7 Å². The van der Waals surface area contributed by atoms with Gasteiger partial charge in [0.25, 0.3) is 23.5 Å². The highest BCUT2D eigenvalue weighted by Crippen LogP contribution is 2.45. The first-order valence-corrected chi connectivity index (χ1v) is 12.2. The van der Waals surface area contributed by atoms with Gasteiger partial charge in [0.2, 0.25) is 0 Å². The number of aldehydes is 1. The summed E-state index contributed by atoms with van der Waals surface area (Å²) in [5, 5.41) is 0. The molecule has 1 saturated carbocycles. The number of rotatable bonds is 5. The molecule has 2 heterocycles. The van der Waals surface area contributed by atoms with E-state index in [0.717, 1.165) is 0 Å². The molecule has 1 fully saturated rings. The van der Waals surface area contributed by atoms with Gasteiger partial charge in [-0.15, -0.1) is 0 Å². The van der Waals surface area contributed by atoms with Gasteiger partial charge in [0, 0.05) is 0 Å². The molecule has 1 aliphatic carbocycles. The monoisotopic (exact) mass is 604 g/mol. The van der Waals surface area contributed by atoms with Crippen LogP contribution in [0.2, 0.25) is 0 Å². The van der Waals surface area contributed by atoms with Gasteiger partial charge in [-0.05, 0) is 62.0 Å². The van der Waals surface area contributed by atoms with E-state index in [-0.39, 0.29) is 17.5 Å². The highest BCUT2D eigenvalue weighted by Gasteiger charge is 2.32. The number of nitrogens with zero attached hydrogens (tertiary/aromatic N) is 4. The van der Waals surface area contributed by atoms with Crippen molar-refractivity contribution in [1.82, 2.24) is 19.9 Å². The topological polar surface area (TPSA) is 106 Å². The average molecular weight is 606 g/mol. The second-order valence-corrected chi connectivity index (χ2v) is 10.7. The van der Waals surface area contributed by atoms with Crippen LogP contribution in [0, 0.1) is 10.8 Å². The fourth-order valence-electron chi connectivity index (χ4n) is 3.87. The Morgan fingerprint density at radius 1 is 0.794 bits per heavy atom. The normalized spacial score (nSPS) is 15.5. The maximum Gasteiger partial charge on any atom is 0.278 e. The van der Waals surface area contributed by atoms with E-state index in [1.165, 1.54) is 54.1 Å². The Morgan fingerprint density at radius 2 is 1.26 bits per heavy atom. The Morgan fingerprint density at radius 3 is 1.68 bits per heavy atom. The highest BCUT2D eigenvalue weighted by atomic mass is 79.9. The predicted molar refractivity (Wildman–Crippen MR) is 137 cm³/mol. The minimum atomic E-state index is 0.178. The van der Waals surface area contributed by atoms with E-state index in [1.807, 2.05) is 0 Å². The maximum absolute atomic E-state index is 10.5. The molecule has 3 rings (SSSR count). The number of hydrogen-bond donors (Lipinski definition) is 0. The molecule has 0 aliphatic heterocycles. The molecule has 11 heteroatoms. The predicted octanol–water partition coefficient (Wildman–Crippen LogP) is 5.94. The average Bonchev–Trinajstić information content (AvgIpc) is 2.78. The van der Waals surface area contributed by atoms with Crippen molar-refractivity contribution in [3.63, 3.8) is 0 Å². The van der Waals surface area contributed by atoms with Crippen LogP contribution >= 0.6 is 31.9 Å². The first kappa shape index (κ1) is 30.0. The number of aromatic nitrogens is 4. The van der Waals surface area contributed by atoms with E-state index in [1.54, 1.807) is 6.20 Å². The Hall–Kier alpha value is -2.01. The maximum atomic E-state index is 10.5. The largest absolute Gasteiger partial charge is 0.477 e. The van der Waals surface area contributed by atoms with E-state index in [2.05, 4.69) is 79.5 Å². The lowest BCUT2D eigenvalue weighted by atomic mass is 9.65. The molecule has 0 amide bonds. The first-order valence-electron chi connectivity index (χ1n) is 10.6. The fourth-order valence-corrected chi connectivity index (χ4v) is 4.48. The molecule has 0 unspecified atom stereocenters. The van der Waals surface area contributed by atoms with E-state index < -0.39 is 0 Å². The van der Waals surface area contributed by atoms with Crippen molar-refractivity contribution in [2.45, 2.75) is 53.4 Å². The lowest BCUT2D eigenvalue weighted by molar-refractivity contribution is 0.111. The van der Waals surface area contributed by atoms with Crippen molar-refractivity contribution in [3.05, 3.63) is 21.1 Å². The second kappa shape index (κ2) is 13.8. The molecule has 190 valence electrons. The zero-order chi connectivity index (χ0) is 25.9. The number of carbonyl (C=O) groups excluding carboxylic acids is 1. The zero-order valence-electron chi connectivity index (χ0n) is 21.1. The van der Waals surface area contributed by atoms with Gasteiger partial charge in [-0.25, -0.2) is 9.97 Å². The number of methoxy groups -OCH3 is 4. The summed E-state index contributed by atoms with van der Waals surface area (Å²) in [5.74, 6) is 1.19. The van der Waals surface area contributed by atoms with Crippen LogP contribution < -0.4 is 18.9 Å². The van der Waals surface area contributed by atoms with Gasteiger partial charge in [-0.1, -0.05) is 34.1 Å². The Balaban J connectivity index is 0.000000257. The van der Waals surface area contributed by atoms with Crippen molar-refractivity contribution < 1.29 is 23.7 Å². The van der Waals surface area contributed by atoms with Gasteiger partial charge in [0.05, 0.1) is 34.6 Å². The standard InChI is InChI=1S/C10H20.C7H7BrN2O3.C6H7BrN2O2/c1-9(2)6-5-7-10(3,4)8-9;1-12-6-7(13-2)10-5(8)4(3-11)9-6;1-10-5-6(11-2)9-4(7)3-8-5/h5-8H2,1-4H3;3H,1-2H3;3H,1-2H3. The Kier molecular flexibility index (Phi) is 12.2. The summed E-state index contributed by atoms with van der Waals surface area (Å²) in [6.07, 6.45) is 7.81. The zero-order valence-corrected chi connectivity index (χ0v) is 24.2. The molecule has 0 atom stereocenters. The second-order valence-electron chi connectivity index (χ2n) is 9.11. The lowest BCUT2D eigenvalue weighted by Gasteiger charge is -2.40. The van der Waals surface area contributed by atoms with Gasteiger partial charge < -0.3 is 18.9 Å². The van der Waals surface area contributed by atoms with Crippen molar-refractivity contribution in [2.24, 2.45) is 10.8 Å². The molecule has 2 aromatic heterocycles. The minimum Gasteiger partial charge on any atom is -0.477 e. The summed E-state index contributed by atoms with van der Waals surface area (Å²) >= 11 is 6.23. The first-order chi connectivity index (χ1) is 15.9. The molecule has 2 aromatic rings. The highest BCUT2D eigenvalue weighted by molar-refractivity contribution is 9.10. The smallest absolute Gasteiger partial charge is 0.278 e. The molecule has 34 heavy (non-hydrogen) atoms. The van der Waals surface area contributed by atoms with Crippen LogP contribution in [0.25, 0.3) is 0 Å². The lowest BCUT2D eigenvalue weighted by Crippen LogP contribution is -2.28. The summed E-state index contributed by atoms with van der Waals surface area (Å²) in [6.45, 7) is 9.59. The van der Waals surface area contributed by atoms with Gasteiger partial charge in [-0.2, -0.15) is 9.97 Å². The summed E-state index contributed by atoms with van der Waals surface area (Å²) in [6, 6.07) is 0. The fraction of sp³-hybridized carbons (Fsp3) is 0.609. The number of hydrogen-bond acceptors (Lipinski definition) is 9. The van der Waals surface area contributed by atoms with Crippen molar-refractivity contribution in [2.75, 3.05) is 28.4 Å². The quantitative estimate of drug-likeness (QED) is 0.383. The summed E-state index contributed by atoms with van der Waals surface area (Å²) in [5.41, 5.74) is 1.40. The van der Waals surface area contributed by atoms with Crippen LogP contribution in [-0.2, 0) is 0 Å². The van der Waals surface area contributed by atoms with Gasteiger partial charge in [0.1, 0.15) is 14.9 Å². The molecule has 0 radical (unpaired) electrons. The van der Waals surface area contributed by atoms with E-state index >= 15 is 0 Å².